The monoisotopic (exact) mass is 571 g/mol. The summed E-state index contributed by atoms with van der Waals surface area (Å²) in [5.41, 5.74) is 10.7. The van der Waals surface area contributed by atoms with E-state index in [1.165, 1.54) is 16.5 Å². The first-order valence-electron chi connectivity index (χ1n) is 15.1. The molecule has 45 heavy (non-hydrogen) atoms. The van der Waals surface area contributed by atoms with E-state index in [9.17, 15) is 5.26 Å². The molecule has 3 nitrogen and oxygen atoms in total. The fourth-order valence-corrected chi connectivity index (χ4v) is 6.82. The maximum Gasteiger partial charge on any atom is 0.0991 e. The van der Waals surface area contributed by atoms with Crippen molar-refractivity contribution in [2.45, 2.75) is 0 Å². The van der Waals surface area contributed by atoms with Gasteiger partial charge in [0, 0.05) is 32.6 Å². The van der Waals surface area contributed by atoms with E-state index < -0.39 is 0 Å². The summed E-state index contributed by atoms with van der Waals surface area (Å²) in [5.74, 6) is 0. The van der Waals surface area contributed by atoms with Crippen LogP contribution in [0.5, 0.6) is 0 Å². The predicted molar refractivity (Wildman–Crippen MR) is 187 cm³/mol. The van der Waals surface area contributed by atoms with Gasteiger partial charge in [0.1, 0.15) is 0 Å². The van der Waals surface area contributed by atoms with Gasteiger partial charge in [0.2, 0.25) is 0 Å². The van der Waals surface area contributed by atoms with Crippen molar-refractivity contribution in [2.24, 2.45) is 0 Å². The van der Waals surface area contributed by atoms with Crippen LogP contribution in [0.1, 0.15) is 5.56 Å². The molecule has 0 radical (unpaired) electrons. The molecular weight excluding hydrogens is 546 g/mol. The van der Waals surface area contributed by atoms with Crippen molar-refractivity contribution in [3.63, 3.8) is 0 Å². The Labute approximate surface area is 259 Å². The standard InChI is InChI=1S/C42H25N3/c43-26-27-14-20-40-37(22-27)38-24-30(19-21-41(38)45(40)33-9-2-1-3-10-33)28-15-17-29(18-16-28)36-25-32-23-31-8-4-7-13-39(31)44-42(32)35-12-6-5-11-34(35)36/h1-25H. The lowest BCUT2D eigenvalue weighted by Gasteiger charge is -2.12. The molecule has 0 N–H and O–H groups in total. The Kier molecular flexibility index (Phi) is 5.57. The fraction of sp³-hybridized carbons (Fsp3) is 0. The molecule has 0 bridgehead atoms. The van der Waals surface area contributed by atoms with Gasteiger partial charge in [0.25, 0.3) is 0 Å². The molecule has 0 fully saturated rings. The molecule has 3 heteroatoms. The van der Waals surface area contributed by atoms with Crippen LogP contribution in [0.4, 0.5) is 0 Å². The van der Waals surface area contributed by atoms with E-state index in [4.69, 9.17) is 4.98 Å². The number of fused-ring (bicyclic) bond motifs is 7. The number of nitriles is 1. The maximum absolute atomic E-state index is 9.66. The number of para-hydroxylation sites is 2. The smallest absolute Gasteiger partial charge is 0.0991 e. The molecule has 0 aliphatic rings. The quantitative estimate of drug-likeness (QED) is 0.156. The molecule has 9 rings (SSSR count). The summed E-state index contributed by atoms with van der Waals surface area (Å²) >= 11 is 0. The number of benzene rings is 7. The van der Waals surface area contributed by atoms with Crippen molar-refractivity contribution in [1.29, 1.82) is 5.26 Å². The molecule has 0 atom stereocenters. The molecule has 9 aromatic rings. The highest BCUT2D eigenvalue weighted by Crippen LogP contribution is 2.38. The Morgan fingerprint density at radius 2 is 1.16 bits per heavy atom. The van der Waals surface area contributed by atoms with Crippen LogP contribution in [0.25, 0.3) is 82.3 Å². The van der Waals surface area contributed by atoms with Crippen LogP contribution in [0.3, 0.4) is 0 Å². The second kappa shape index (κ2) is 9.91. The van der Waals surface area contributed by atoms with Gasteiger partial charge in [-0.3, -0.25) is 0 Å². The van der Waals surface area contributed by atoms with E-state index >= 15 is 0 Å². The minimum absolute atomic E-state index is 0.662. The molecule has 0 saturated heterocycles. The molecule has 0 aliphatic carbocycles. The summed E-state index contributed by atoms with van der Waals surface area (Å²) < 4.78 is 2.28. The van der Waals surface area contributed by atoms with E-state index in [0.717, 1.165) is 65.8 Å². The Hall–Kier alpha value is -6.24. The average Bonchev–Trinajstić information content (AvgIpc) is 3.44. The van der Waals surface area contributed by atoms with Gasteiger partial charge in [-0.25, -0.2) is 4.98 Å². The lowest BCUT2D eigenvalue weighted by molar-refractivity contribution is 1.18. The van der Waals surface area contributed by atoms with E-state index in [2.05, 4.69) is 138 Å². The number of rotatable bonds is 3. The van der Waals surface area contributed by atoms with Crippen molar-refractivity contribution < 1.29 is 0 Å². The van der Waals surface area contributed by atoms with Crippen molar-refractivity contribution in [3.05, 3.63) is 157 Å². The zero-order valence-corrected chi connectivity index (χ0v) is 24.3. The van der Waals surface area contributed by atoms with E-state index in [1.807, 2.05) is 24.3 Å². The largest absolute Gasteiger partial charge is 0.309 e. The second-order valence-electron chi connectivity index (χ2n) is 11.5. The first kappa shape index (κ1) is 25.3. The lowest BCUT2D eigenvalue weighted by Crippen LogP contribution is -1.93. The van der Waals surface area contributed by atoms with Crippen LogP contribution in [0.15, 0.2) is 152 Å². The fourth-order valence-electron chi connectivity index (χ4n) is 6.82. The topological polar surface area (TPSA) is 41.6 Å². The van der Waals surface area contributed by atoms with Crippen molar-refractivity contribution >= 4 is 54.4 Å². The predicted octanol–water partition coefficient (Wildman–Crippen LogP) is 10.8. The summed E-state index contributed by atoms with van der Waals surface area (Å²) in [7, 11) is 0. The van der Waals surface area contributed by atoms with Gasteiger partial charge in [-0.1, -0.05) is 91.0 Å². The summed E-state index contributed by atoms with van der Waals surface area (Å²) in [6, 6.07) is 55.6. The van der Waals surface area contributed by atoms with Gasteiger partial charge in [0.05, 0.1) is 33.7 Å². The maximum atomic E-state index is 9.66. The zero-order valence-electron chi connectivity index (χ0n) is 24.3. The zero-order chi connectivity index (χ0) is 29.9. The number of hydrogen-bond donors (Lipinski definition) is 0. The molecule has 2 heterocycles. The van der Waals surface area contributed by atoms with Crippen LogP contribution < -0.4 is 0 Å². The van der Waals surface area contributed by atoms with Crippen LogP contribution in [-0.2, 0) is 0 Å². The van der Waals surface area contributed by atoms with Crippen LogP contribution >= 0.6 is 0 Å². The normalized spacial score (nSPS) is 11.5. The summed E-state index contributed by atoms with van der Waals surface area (Å²) in [6.07, 6.45) is 0. The van der Waals surface area contributed by atoms with E-state index in [-0.39, 0.29) is 0 Å². The first-order chi connectivity index (χ1) is 22.2. The highest BCUT2D eigenvalue weighted by molar-refractivity contribution is 6.14. The molecule has 0 amide bonds. The van der Waals surface area contributed by atoms with Crippen molar-refractivity contribution in [1.82, 2.24) is 9.55 Å². The average molecular weight is 572 g/mol. The Morgan fingerprint density at radius 3 is 1.98 bits per heavy atom. The minimum atomic E-state index is 0.662. The third kappa shape index (κ3) is 4.01. The van der Waals surface area contributed by atoms with Crippen molar-refractivity contribution in [3.8, 4) is 34.0 Å². The number of pyridine rings is 1. The Bertz CT molecular complexity index is 2640. The molecule has 0 saturated carbocycles. The van der Waals surface area contributed by atoms with Gasteiger partial charge in [-0.15, -0.1) is 0 Å². The highest BCUT2D eigenvalue weighted by atomic mass is 15.0. The summed E-state index contributed by atoms with van der Waals surface area (Å²) in [5, 5.41) is 16.5. The van der Waals surface area contributed by atoms with Crippen LogP contribution in [0.2, 0.25) is 0 Å². The first-order valence-corrected chi connectivity index (χ1v) is 15.1. The molecule has 2 aromatic heterocycles. The van der Waals surface area contributed by atoms with Gasteiger partial charge in [-0.05, 0) is 88.3 Å². The molecular formula is C42H25N3. The molecule has 0 unspecified atom stereocenters. The molecule has 0 aliphatic heterocycles. The van der Waals surface area contributed by atoms with Crippen LogP contribution in [-0.4, -0.2) is 9.55 Å². The second-order valence-corrected chi connectivity index (χ2v) is 11.5. The van der Waals surface area contributed by atoms with E-state index in [0.29, 0.717) is 5.56 Å². The van der Waals surface area contributed by atoms with Crippen LogP contribution in [0, 0.1) is 11.3 Å². The number of hydrogen-bond acceptors (Lipinski definition) is 2. The van der Waals surface area contributed by atoms with E-state index in [1.54, 1.807) is 0 Å². The SMILES string of the molecule is N#Cc1ccc2c(c1)c1cc(-c3ccc(-c4cc5cc6ccccc6nc5c5ccccc45)cc3)ccc1n2-c1ccccc1. The highest BCUT2D eigenvalue weighted by Gasteiger charge is 2.15. The molecule has 0 spiro atoms. The Balaban J connectivity index is 1.19. The summed E-state index contributed by atoms with van der Waals surface area (Å²) in [4.78, 5) is 5.05. The van der Waals surface area contributed by atoms with Crippen molar-refractivity contribution in [2.75, 3.05) is 0 Å². The number of aromatic nitrogens is 2. The van der Waals surface area contributed by atoms with Gasteiger partial charge in [-0.2, -0.15) is 5.26 Å². The Morgan fingerprint density at radius 1 is 0.489 bits per heavy atom. The molecule has 208 valence electrons. The summed E-state index contributed by atoms with van der Waals surface area (Å²) in [6.45, 7) is 0. The number of nitrogens with zero attached hydrogens (tertiary/aromatic N) is 3. The van der Waals surface area contributed by atoms with Gasteiger partial charge >= 0.3 is 0 Å². The molecule has 7 aromatic carbocycles. The van der Waals surface area contributed by atoms with Gasteiger partial charge < -0.3 is 4.57 Å². The third-order valence-corrected chi connectivity index (χ3v) is 8.96. The lowest BCUT2D eigenvalue weighted by atomic mass is 9.93. The third-order valence-electron chi connectivity index (χ3n) is 8.96. The van der Waals surface area contributed by atoms with Gasteiger partial charge in [0.15, 0.2) is 0 Å². The minimum Gasteiger partial charge on any atom is -0.309 e.